The maximum atomic E-state index is 5.78. The molecule has 1 fully saturated rings. The molecule has 118 valence electrons. The van der Waals surface area contributed by atoms with Gasteiger partial charge in [0.2, 0.25) is 0 Å². The van der Waals surface area contributed by atoms with Crippen molar-refractivity contribution in [3.05, 3.63) is 41.8 Å². The minimum atomic E-state index is 0.347. The summed E-state index contributed by atoms with van der Waals surface area (Å²) in [5, 5.41) is 2.21. The van der Waals surface area contributed by atoms with Crippen LogP contribution in [0.5, 0.6) is 0 Å². The summed E-state index contributed by atoms with van der Waals surface area (Å²) >= 11 is 1.84. The Balaban J connectivity index is 1.64. The number of nitrogens with zero attached hydrogens (tertiary/aromatic N) is 1. The average Bonchev–Trinajstić information content (AvgIpc) is 3.04. The van der Waals surface area contributed by atoms with Gasteiger partial charge in [0.15, 0.2) is 0 Å². The summed E-state index contributed by atoms with van der Waals surface area (Å²) in [5.41, 5.74) is 2.73. The molecular weight excluding hydrogens is 290 g/mol. The first-order chi connectivity index (χ1) is 10.7. The van der Waals surface area contributed by atoms with Crippen LogP contribution in [0.3, 0.4) is 0 Å². The van der Waals surface area contributed by atoms with E-state index in [-0.39, 0.29) is 0 Å². The van der Waals surface area contributed by atoms with Crippen LogP contribution < -0.4 is 4.90 Å². The predicted molar refractivity (Wildman–Crippen MR) is 95.8 cm³/mol. The number of thiophene rings is 1. The summed E-state index contributed by atoms with van der Waals surface area (Å²) in [6.45, 7) is 7.44. The molecule has 22 heavy (non-hydrogen) atoms. The maximum absolute atomic E-state index is 5.78. The highest BCUT2D eigenvalue weighted by atomic mass is 32.1. The van der Waals surface area contributed by atoms with E-state index in [2.05, 4.69) is 60.5 Å². The molecule has 0 radical (unpaired) electrons. The molecule has 0 saturated carbocycles. The van der Waals surface area contributed by atoms with E-state index in [0.717, 1.165) is 25.6 Å². The first kappa shape index (κ1) is 15.6. The Morgan fingerprint density at radius 3 is 2.55 bits per heavy atom. The maximum Gasteiger partial charge on any atom is 0.0576 e. The van der Waals surface area contributed by atoms with Crippen LogP contribution in [0.2, 0.25) is 0 Å². The number of hydrogen-bond donors (Lipinski definition) is 0. The average molecular weight is 315 g/mol. The monoisotopic (exact) mass is 315 g/mol. The lowest BCUT2D eigenvalue weighted by molar-refractivity contribution is 0.0449. The van der Waals surface area contributed by atoms with Crippen molar-refractivity contribution in [1.29, 1.82) is 0 Å². The summed E-state index contributed by atoms with van der Waals surface area (Å²) in [6.07, 6.45) is 2.81. The third-order valence-electron chi connectivity index (χ3n) is 4.30. The van der Waals surface area contributed by atoms with Gasteiger partial charge in [-0.3, -0.25) is 0 Å². The van der Waals surface area contributed by atoms with Gasteiger partial charge in [0, 0.05) is 19.7 Å². The van der Waals surface area contributed by atoms with Crippen molar-refractivity contribution in [3.8, 4) is 10.4 Å². The molecule has 3 rings (SSSR count). The van der Waals surface area contributed by atoms with E-state index < -0.39 is 0 Å². The van der Waals surface area contributed by atoms with E-state index in [1.54, 1.807) is 0 Å². The molecule has 0 unspecified atom stereocenters. The van der Waals surface area contributed by atoms with E-state index >= 15 is 0 Å². The van der Waals surface area contributed by atoms with E-state index in [9.17, 15) is 0 Å². The van der Waals surface area contributed by atoms with Crippen LogP contribution in [0.15, 0.2) is 41.8 Å². The van der Waals surface area contributed by atoms with Crippen LogP contribution >= 0.6 is 11.3 Å². The Labute approximate surface area is 137 Å². The molecule has 1 aromatic carbocycles. The standard InChI is InChI=1S/C19H25NOS/c1-15(2)21-14-16-8-11-20(12-9-16)18-10-13-22-19(18)17-6-4-3-5-7-17/h3-7,10,13,15-16H,8-9,11-12,14H2,1-2H3. The third-order valence-corrected chi connectivity index (χ3v) is 5.25. The fourth-order valence-corrected chi connectivity index (χ4v) is 3.95. The molecular formula is C19H25NOS. The van der Waals surface area contributed by atoms with Gasteiger partial charge in [0.1, 0.15) is 0 Å². The van der Waals surface area contributed by atoms with Crippen LogP contribution in [-0.2, 0) is 4.74 Å². The lowest BCUT2D eigenvalue weighted by atomic mass is 9.97. The second-order valence-corrected chi connectivity index (χ2v) is 7.23. The predicted octanol–water partition coefficient (Wildman–Crippen LogP) is 5.06. The summed E-state index contributed by atoms with van der Waals surface area (Å²) in [5.74, 6) is 0.720. The van der Waals surface area contributed by atoms with Crippen molar-refractivity contribution in [1.82, 2.24) is 0 Å². The lowest BCUT2D eigenvalue weighted by Crippen LogP contribution is -2.35. The number of rotatable bonds is 5. The van der Waals surface area contributed by atoms with E-state index in [4.69, 9.17) is 4.74 Å². The largest absolute Gasteiger partial charge is 0.379 e. The molecule has 0 atom stereocenters. The molecule has 3 heteroatoms. The van der Waals surface area contributed by atoms with Gasteiger partial charge in [-0.2, -0.15) is 0 Å². The first-order valence-corrected chi connectivity index (χ1v) is 9.11. The summed E-state index contributed by atoms with van der Waals surface area (Å²) < 4.78 is 5.78. The molecule has 2 nitrogen and oxygen atoms in total. The van der Waals surface area contributed by atoms with Crippen LogP contribution in [0.25, 0.3) is 10.4 Å². The quantitative estimate of drug-likeness (QED) is 0.765. The highest BCUT2D eigenvalue weighted by Crippen LogP contribution is 2.37. The topological polar surface area (TPSA) is 12.5 Å². The molecule has 2 heterocycles. The molecule has 1 saturated heterocycles. The second-order valence-electron chi connectivity index (χ2n) is 6.31. The second kappa shape index (κ2) is 7.30. The zero-order valence-electron chi connectivity index (χ0n) is 13.5. The Morgan fingerprint density at radius 2 is 1.86 bits per heavy atom. The smallest absolute Gasteiger partial charge is 0.0576 e. The van der Waals surface area contributed by atoms with Crippen molar-refractivity contribution in [2.24, 2.45) is 5.92 Å². The van der Waals surface area contributed by atoms with Gasteiger partial charge in [0.05, 0.1) is 16.7 Å². The van der Waals surface area contributed by atoms with Crippen LogP contribution in [0.4, 0.5) is 5.69 Å². The van der Waals surface area contributed by atoms with E-state index in [1.165, 1.54) is 29.0 Å². The zero-order chi connectivity index (χ0) is 15.4. The molecule has 1 aliphatic rings. The molecule has 0 amide bonds. The fraction of sp³-hybridized carbons (Fsp3) is 0.474. The van der Waals surface area contributed by atoms with Crippen LogP contribution in [-0.4, -0.2) is 25.8 Å². The van der Waals surface area contributed by atoms with Crippen molar-refractivity contribution >= 4 is 17.0 Å². The lowest BCUT2D eigenvalue weighted by Gasteiger charge is -2.34. The van der Waals surface area contributed by atoms with Crippen molar-refractivity contribution in [3.63, 3.8) is 0 Å². The Morgan fingerprint density at radius 1 is 1.14 bits per heavy atom. The van der Waals surface area contributed by atoms with Gasteiger partial charge in [-0.1, -0.05) is 30.3 Å². The molecule has 0 aliphatic carbocycles. The van der Waals surface area contributed by atoms with E-state index in [0.29, 0.717) is 6.10 Å². The minimum Gasteiger partial charge on any atom is -0.379 e. The Bertz CT molecular complexity index is 570. The van der Waals surface area contributed by atoms with Gasteiger partial charge < -0.3 is 9.64 Å². The van der Waals surface area contributed by atoms with Crippen molar-refractivity contribution < 1.29 is 4.74 Å². The fourth-order valence-electron chi connectivity index (χ4n) is 3.03. The number of anilines is 1. The van der Waals surface area contributed by atoms with Crippen LogP contribution in [0.1, 0.15) is 26.7 Å². The molecule has 0 bridgehead atoms. The van der Waals surface area contributed by atoms with Gasteiger partial charge in [-0.25, -0.2) is 0 Å². The summed E-state index contributed by atoms with van der Waals surface area (Å²) in [4.78, 5) is 3.95. The third kappa shape index (κ3) is 3.71. The molecule has 0 N–H and O–H groups in total. The van der Waals surface area contributed by atoms with Crippen molar-refractivity contribution in [2.45, 2.75) is 32.8 Å². The summed E-state index contributed by atoms with van der Waals surface area (Å²) in [6, 6.07) is 13.0. The van der Waals surface area contributed by atoms with E-state index in [1.807, 2.05) is 11.3 Å². The van der Waals surface area contributed by atoms with Gasteiger partial charge in [0.25, 0.3) is 0 Å². The summed E-state index contributed by atoms with van der Waals surface area (Å²) in [7, 11) is 0. The number of ether oxygens (including phenoxy) is 1. The SMILES string of the molecule is CC(C)OCC1CCN(c2ccsc2-c2ccccc2)CC1. The first-order valence-electron chi connectivity index (χ1n) is 8.23. The number of piperidine rings is 1. The Kier molecular flexibility index (Phi) is 5.16. The van der Waals surface area contributed by atoms with Gasteiger partial charge >= 0.3 is 0 Å². The Hall–Kier alpha value is -1.32. The number of hydrogen-bond acceptors (Lipinski definition) is 3. The normalized spacial score (nSPS) is 16.4. The van der Waals surface area contributed by atoms with Crippen molar-refractivity contribution in [2.75, 3.05) is 24.6 Å². The molecule has 1 aliphatic heterocycles. The minimum absolute atomic E-state index is 0.347. The molecule has 0 spiro atoms. The van der Waals surface area contributed by atoms with Gasteiger partial charge in [-0.15, -0.1) is 11.3 Å². The molecule has 1 aromatic heterocycles. The highest BCUT2D eigenvalue weighted by molar-refractivity contribution is 7.14. The molecule has 2 aromatic rings. The zero-order valence-corrected chi connectivity index (χ0v) is 14.3. The van der Waals surface area contributed by atoms with Gasteiger partial charge in [-0.05, 0) is 49.6 Å². The highest BCUT2D eigenvalue weighted by Gasteiger charge is 2.22. The number of benzene rings is 1. The van der Waals surface area contributed by atoms with Crippen LogP contribution in [0, 0.1) is 5.92 Å².